The topological polar surface area (TPSA) is 28.4 Å². The molecule has 0 spiro atoms. The zero-order valence-electron chi connectivity index (χ0n) is 10.6. The van der Waals surface area contributed by atoms with Gasteiger partial charge in [-0.15, -0.1) is 0 Å². The number of benzene rings is 1. The van der Waals surface area contributed by atoms with Crippen LogP contribution in [0, 0.1) is 0 Å². The second-order valence-corrected chi connectivity index (χ2v) is 4.72. The van der Waals surface area contributed by atoms with Crippen LogP contribution in [0.4, 0.5) is 0 Å². The van der Waals surface area contributed by atoms with E-state index < -0.39 is 0 Å². The third-order valence-electron chi connectivity index (χ3n) is 3.03. The second-order valence-electron chi connectivity index (χ2n) is 4.72. The van der Waals surface area contributed by atoms with Gasteiger partial charge in [-0.2, -0.15) is 0 Å². The Morgan fingerprint density at radius 1 is 1.24 bits per heavy atom. The molecule has 0 amide bonds. The standard InChI is InChI=1S/C14H20N2O/c1-15(2)7-3-8-16-9-6-13-5-4-12(11-17)10-14(13)16/h4-6,9-10,17H,3,7-8,11H2,1-2H3. The van der Waals surface area contributed by atoms with E-state index in [9.17, 15) is 0 Å². The van der Waals surface area contributed by atoms with Crippen molar-refractivity contribution in [3.8, 4) is 0 Å². The van der Waals surface area contributed by atoms with Crippen LogP contribution >= 0.6 is 0 Å². The monoisotopic (exact) mass is 232 g/mol. The van der Waals surface area contributed by atoms with Crippen molar-refractivity contribution in [2.24, 2.45) is 0 Å². The van der Waals surface area contributed by atoms with Crippen molar-refractivity contribution in [2.75, 3.05) is 20.6 Å². The SMILES string of the molecule is CN(C)CCCn1ccc2ccc(CO)cc21. The van der Waals surface area contributed by atoms with Gasteiger partial charge in [0.1, 0.15) is 0 Å². The minimum atomic E-state index is 0.110. The Morgan fingerprint density at radius 3 is 2.76 bits per heavy atom. The molecule has 0 unspecified atom stereocenters. The number of nitrogens with zero attached hydrogens (tertiary/aromatic N) is 2. The molecular weight excluding hydrogens is 212 g/mol. The molecule has 0 aliphatic heterocycles. The Morgan fingerprint density at radius 2 is 2.06 bits per heavy atom. The second kappa shape index (κ2) is 5.34. The van der Waals surface area contributed by atoms with Crippen LogP contribution in [0.1, 0.15) is 12.0 Å². The highest BCUT2D eigenvalue weighted by Gasteiger charge is 2.02. The van der Waals surface area contributed by atoms with Gasteiger partial charge >= 0.3 is 0 Å². The fraction of sp³-hybridized carbons (Fsp3) is 0.429. The van der Waals surface area contributed by atoms with E-state index in [-0.39, 0.29) is 6.61 Å². The smallest absolute Gasteiger partial charge is 0.0682 e. The minimum absolute atomic E-state index is 0.110. The van der Waals surface area contributed by atoms with Gasteiger partial charge in [-0.25, -0.2) is 0 Å². The van der Waals surface area contributed by atoms with Gasteiger partial charge in [-0.1, -0.05) is 12.1 Å². The Kier molecular flexibility index (Phi) is 3.82. The van der Waals surface area contributed by atoms with Crippen LogP contribution < -0.4 is 0 Å². The summed E-state index contributed by atoms with van der Waals surface area (Å²) in [7, 11) is 4.19. The number of aliphatic hydroxyl groups excluding tert-OH is 1. The minimum Gasteiger partial charge on any atom is -0.392 e. The van der Waals surface area contributed by atoms with Gasteiger partial charge in [-0.05, 0) is 50.1 Å². The summed E-state index contributed by atoms with van der Waals surface area (Å²) >= 11 is 0. The maximum absolute atomic E-state index is 9.16. The molecule has 0 saturated carbocycles. The van der Waals surface area contributed by atoms with Crippen LogP contribution in [0.3, 0.4) is 0 Å². The predicted octanol–water partition coefficient (Wildman–Crippen LogP) is 2.09. The van der Waals surface area contributed by atoms with Crippen molar-refractivity contribution in [3.63, 3.8) is 0 Å². The van der Waals surface area contributed by atoms with E-state index in [0.717, 1.165) is 25.1 Å². The average Bonchev–Trinajstić information content (AvgIpc) is 2.71. The average molecular weight is 232 g/mol. The van der Waals surface area contributed by atoms with E-state index in [2.05, 4.69) is 48.0 Å². The summed E-state index contributed by atoms with van der Waals surface area (Å²) in [5.74, 6) is 0. The first kappa shape index (κ1) is 12.1. The zero-order valence-corrected chi connectivity index (χ0v) is 10.6. The molecule has 1 N–H and O–H groups in total. The lowest BCUT2D eigenvalue weighted by atomic mass is 10.2. The maximum Gasteiger partial charge on any atom is 0.0682 e. The Labute approximate surface area is 102 Å². The molecule has 17 heavy (non-hydrogen) atoms. The van der Waals surface area contributed by atoms with E-state index in [1.165, 1.54) is 10.9 Å². The predicted molar refractivity (Wildman–Crippen MR) is 71.0 cm³/mol. The summed E-state index contributed by atoms with van der Waals surface area (Å²) < 4.78 is 2.26. The first-order chi connectivity index (χ1) is 8.20. The van der Waals surface area contributed by atoms with Gasteiger partial charge in [0.25, 0.3) is 0 Å². The Balaban J connectivity index is 2.16. The molecule has 3 heteroatoms. The first-order valence-electron chi connectivity index (χ1n) is 6.04. The molecule has 0 aliphatic rings. The number of aliphatic hydroxyl groups is 1. The van der Waals surface area contributed by atoms with Crippen LogP contribution in [-0.4, -0.2) is 35.2 Å². The van der Waals surface area contributed by atoms with Crippen LogP contribution in [0.15, 0.2) is 30.5 Å². The highest BCUT2D eigenvalue weighted by molar-refractivity contribution is 5.80. The summed E-state index contributed by atoms with van der Waals surface area (Å²) in [6.07, 6.45) is 3.27. The molecule has 1 aromatic carbocycles. The highest BCUT2D eigenvalue weighted by atomic mass is 16.3. The van der Waals surface area contributed by atoms with Gasteiger partial charge in [0.15, 0.2) is 0 Å². The van der Waals surface area contributed by atoms with Crippen molar-refractivity contribution in [3.05, 3.63) is 36.0 Å². The number of aromatic nitrogens is 1. The van der Waals surface area contributed by atoms with Gasteiger partial charge in [0.05, 0.1) is 6.61 Å². The fourth-order valence-electron chi connectivity index (χ4n) is 2.08. The van der Waals surface area contributed by atoms with Crippen molar-refractivity contribution >= 4 is 10.9 Å². The molecule has 2 aromatic rings. The number of rotatable bonds is 5. The Bertz CT molecular complexity index is 488. The highest BCUT2D eigenvalue weighted by Crippen LogP contribution is 2.18. The normalized spacial score (nSPS) is 11.5. The molecule has 0 radical (unpaired) electrons. The van der Waals surface area contributed by atoms with Crippen molar-refractivity contribution < 1.29 is 5.11 Å². The van der Waals surface area contributed by atoms with Gasteiger partial charge in [-0.3, -0.25) is 0 Å². The maximum atomic E-state index is 9.16. The van der Waals surface area contributed by atoms with E-state index in [0.29, 0.717) is 0 Å². The fourth-order valence-corrected chi connectivity index (χ4v) is 2.08. The van der Waals surface area contributed by atoms with Gasteiger partial charge in [0, 0.05) is 18.3 Å². The molecule has 0 bridgehead atoms. The van der Waals surface area contributed by atoms with Crippen LogP contribution in [0.25, 0.3) is 10.9 Å². The summed E-state index contributed by atoms with van der Waals surface area (Å²) in [6, 6.07) is 8.26. The quantitative estimate of drug-likeness (QED) is 0.855. The molecule has 92 valence electrons. The Hall–Kier alpha value is -1.32. The molecule has 0 fully saturated rings. The molecule has 0 saturated heterocycles. The third kappa shape index (κ3) is 2.87. The lowest BCUT2D eigenvalue weighted by Crippen LogP contribution is -2.14. The van der Waals surface area contributed by atoms with E-state index in [1.54, 1.807) is 0 Å². The molecular formula is C14H20N2O. The molecule has 0 aliphatic carbocycles. The van der Waals surface area contributed by atoms with Crippen LogP contribution in [0.2, 0.25) is 0 Å². The number of fused-ring (bicyclic) bond motifs is 1. The van der Waals surface area contributed by atoms with E-state index in [4.69, 9.17) is 5.11 Å². The molecule has 1 aromatic heterocycles. The molecule has 2 rings (SSSR count). The molecule has 1 heterocycles. The summed E-state index contributed by atoms with van der Waals surface area (Å²) in [5, 5.41) is 10.4. The molecule has 3 nitrogen and oxygen atoms in total. The third-order valence-corrected chi connectivity index (χ3v) is 3.03. The van der Waals surface area contributed by atoms with Gasteiger partial charge < -0.3 is 14.6 Å². The largest absolute Gasteiger partial charge is 0.392 e. The van der Waals surface area contributed by atoms with E-state index >= 15 is 0 Å². The lowest BCUT2D eigenvalue weighted by Gasteiger charge is -2.10. The number of hydrogen-bond acceptors (Lipinski definition) is 2. The molecule has 0 atom stereocenters. The summed E-state index contributed by atoms with van der Waals surface area (Å²) in [6.45, 7) is 2.23. The zero-order chi connectivity index (χ0) is 12.3. The summed E-state index contributed by atoms with van der Waals surface area (Å²) in [5.41, 5.74) is 2.19. The van der Waals surface area contributed by atoms with Crippen LogP contribution in [-0.2, 0) is 13.2 Å². The van der Waals surface area contributed by atoms with Crippen molar-refractivity contribution in [2.45, 2.75) is 19.6 Å². The number of aryl methyl sites for hydroxylation is 1. The van der Waals surface area contributed by atoms with E-state index in [1.807, 2.05) is 6.07 Å². The summed E-state index contributed by atoms with van der Waals surface area (Å²) in [4.78, 5) is 2.20. The first-order valence-corrected chi connectivity index (χ1v) is 6.04. The number of hydrogen-bond donors (Lipinski definition) is 1. The van der Waals surface area contributed by atoms with Crippen molar-refractivity contribution in [1.29, 1.82) is 0 Å². The van der Waals surface area contributed by atoms with Crippen molar-refractivity contribution in [1.82, 2.24) is 9.47 Å². The van der Waals surface area contributed by atoms with Gasteiger partial charge in [0.2, 0.25) is 0 Å². The lowest BCUT2D eigenvalue weighted by molar-refractivity contribution is 0.282. The van der Waals surface area contributed by atoms with Crippen LogP contribution in [0.5, 0.6) is 0 Å².